The maximum atomic E-state index is 15.0. The summed E-state index contributed by atoms with van der Waals surface area (Å²) in [5.41, 5.74) is -3.14. The Morgan fingerprint density at radius 1 is 0.909 bits per heavy atom. The molecule has 1 fully saturated rings. The van der Waals surface area contributed by atoms with Gasteiger partial charge in [0.1, 0.15) is 21.7 Å². The van der Waals surface area contributed by atoms with Crippen molar-refractivity contribution >= 4 is 69.6 Å². The summed E-state index contributed by atoms with van der Waals surface area (Å²) in [7, 11) is 0. The third-order valence-electron chi connectivity index (χ3n) is 6.67. The zero-order valence-electron chi connectivity index (χ0n) is 22.7. The van der Waals surface area contributed by atoms with Crippen LogP contribution in [0.5, 0.6) is 0 Å². The first-order valence-corrected chi connectivity index (χ1v) is 14.0. The van der Waals surface area contributed by atoms with Gasteiger partial charge in [-0.2, -0.15) is 13.2 Å². The van der Waals surface area contributed by atoms with E-state index in [2.05, 4.69) is 16.0 Å². The summed E-state index contributed by atoms with van der Waals surface area (Å²) in [4.78, 5) is 38.1. The molecule has 234 valence electrons. The molecule has 0 spiro atoms. The fourth-order valence-electron chi connectivity index (χ4n) is 4.53. The van der Waals surface area contributed by atoms with Gasteiger partial charge in [-0.1, -0.05) is 31.5 Å². The van der Waals surface area contributed by atoms with Crippen molar-refractivity contribution < 1.29 is 40.7 Å². The number of benzene rings is 3. The van der Waals surface area contributed by atoms with Crippen LogP contribution in [-0.4, -0.2) is 22.1 Å². The van der Waals surface area contributed by atoms with Crippen molar-refractivity contribution in [2.45, 2.75) is 36.7 Å². The quantitative estimate of drug-likeness (QED) is 0.165. The Morgan fingerprint density at radius 3 is 2.20 bits per heavy atom. The van der Waals surface area contributed by atoms with E-state index in [-0.39, 0.29) is 34.2 Å². The summed E-state index contributed by atoms with van der Waals surface area (Å²) in [6, 6.07) is 7.63. The van der Waals surface area contributed by atoms with Crippen molar-refractivity contribution in [1.29, 1.82) is 0 Å². The summed E-state index contributed by atoms with van der Waals surface area (Å²) >= 11 is 18.6. The second-order valence-corrected chi connectivity index (χ2v) is 12.3. The van der Waals surface area contributed by atoms with Crippen molar-refractivity contribution in [3.8, 4) is 0 Å². The van der Waals surface area contributed by atoms with Crippen LogP contribution in [0.15, 0.2) is 48.5 Å². The molecule has 1 aliphatic rings. The van der Waals surface area contributed by atoms with Gasteiger partial charge in [0.05, 0.1) is 27.8 Å². The number of carbonyl (C=O) groups excluding carboxylic acids is 3. The van der Waals surface area contributed by atoms with Gasteiger partial charge in [-0.25, -0.2) is 13.2 Å². The summed E-state index contributed by atoms with van der Waals surface area (Å²) < 4.78 is 80.8. The van der Waals surface area contributed by atoms with Gasteiger partial charge in [-0.3, -0.25) is 14.4 Å². The van der Waals surface area contributed by atoms with Crippen LogP contribution in [-0.2, 0) is 15.8 Å². The normalized spacial score (nSPS) is 17.3. The highest BCUT2D eigenvalue weighted by molar-refractivity contribution is 6.53. The summed E-state index contributed by atoms with van der Waals surface area (Å²) in [6.45, 7) is 3.49. The van der Waals surface area contributed by atoms with Crippen LogP contribution in [0, 0.1) is 29.3 Å². The van der Waals surface area contributed by atoms with E-state index >= 15 is 4.39 Å². The van der Waals surface area contributed by atoms with Gasteiger partial charge in [-0.15, -0.1) is 23.2 Å². The minimum absolute atomic E-state index is 0.00174. The van der Waals surface area contributed by atoms with Gasteiger partial charge in [0.25, 0.3) is 5.91 Å². The van der Waals surface area contributed by atoms with Crippen LogP contribution in [0.2, 0.25) is 5.02 Å². The zero-order chi connectivity index (χ0) is 32.7. The number of amides is 3. The van der Waals surface area contributed by atoms with Crippen LogP contribution in [0.1, 0.15) is 47.7 Å². The van der Waals surface area contributed by atoms with E-state index in [1.807, 2.05) is 0 Å². The second kappa shape index (κ2) is 12.5. The van der Waals surface area contributed by atoms with Crippen LogP contribution < -0.4 is 16.0 Å². The lowest BCUT2D eigenvalue weighted by Gasteiger charge is -2.14. The molecule has 3 amide bonds. The third kappa shape index (κ3) is 7.08. The molecule has 1 aliphatic carbocycles. The SMILES string of the molecule is CC(C)CC(=O)Nc1c(F)ccc(NC(=O)c2cc(NC(=O)[C@H]3[C@H](c4ccc(F)c(C(F)(F)F)c4)C3(Cl)Cl)ccc2Cl)c1F. The summed E-state index contributed by atoms with van der Waals surface area (Å²) in [5, 5.41) is 6.72. The average Bonchev–Trinajstić information content (AvgIpc) is 3.50. The molecule has 3 aromatic carbocycles. The molecular weight excluding hydrogens is 659 g/mol. The van der Waals surface area contributed by atoms with E-state index in [0.29, 0.717) is 12.1 Å². The molecule has 0 bridgehead atoms. The summed E-state index contributed by atoms with van der Waals surface area (Å²) in [6.07, 6.45) is -4.99. The molecule has 44 heavy (non-hydrogen) atoms. The number of halogens is 9. The Hall–Kier alpha value is -3.48. The van der Waals surface area contributed by atoms with Gasteiger partial charge < -0.3 is 16.0 Å². The van der Waals surface area contributed by atoms with Gasteiger partial charge in [0, 0.05) is 18.0 Å². The minimum Gasteiger partial charge on any atom is -0.326 e. The molecule has 0 aliphatic heterocycles. The Morgan fingerprint density at radius 2 is 1.57 bits per heavy atom. The maximum Gasteiger partial charge on any atom is 0.419 e. The van der Waals surface area contributed by atoms with E-state index in [0.717, 1.165) is 24.3 Å². The Kier molecular flexibility index (Phi) is 9.48. The topological polar surface area (TPSA) is 87.3 Å². The lowest BCUT2D eigenvalue weighted by molar-refractivity contribution is -0.140. The Balaban J connectivity index is 1.51. The first kappa shape index (κ1) is 33.4. The number of alkyl halides is 5. The van der Waals surface area contributed by atoms with E-state index in [1.165, 1.54) is 12.1 Å². The lowest BCUT2D eigenvalue weighted by atomic mass is 10.0. The molecule has 0 unspecified atom stereocenters. The first-order chi connectivity index (χ1) is 20.4. The third-order valence-corrected chi connectivity index (χ3v) is 7.94. The van der Waals surface area contributed by atoms with Crippen LogP contribution in [0.4, 0.5) is 43.4 Å². The van der Waals surface area contributed by atoms with Crippen LogP contribution in [0.3, 0.4) is 0 Å². The number of anilines is 3. The molecule has 1 saturated carbocycles. The standard InChI is InChI=1S/C29H22Cl3F6N3O3/c1-12(2)9-21(42)41-25-19(34)7-8-20(24(25)35)40-26(43)15-11-14(4-5-17(15)30)39-27(44)23-22(28(23,31)32)13-3-6-18(33)16(10-13)29(36,37)38/h3-8,10-12,22-23H,9H2,1-2H3,(H,39,44)(H,40,43)(H,41,42)/t22-,23+/m0/s1. The molecule has 4 rings (SSSR count). The lowest BCUT2D eigenvalue weighted by Crippen LogP contribution is -2.19. The highest BCUT2D eigenvalue weighted by atomic mass is 35.5. The highest BCUT2D eigenvalue weighted by Gasteiger charge is 2.67. The zero-order valence-corrected chi connectivity index (χ0v) is 25.0. The number of rotatable bonds is 8. The van der Waals surface area contributed by atoms with Crippen molar-refractivity contribution in [2.75, 3.05) is 16.0 Å². The Bertz CT molecular complexity index is 1650. The number of hydrogen-bond acceptors (Lipinski definition) is 3. The van der Waals surface area contributed by atoms with E-state index in [9.17, 15) is 36.3 Å². The molecular formula is C29H22Cl3F6N3O3. The van der Waals surface area contributed by atoms with Crippen molar-refractivity contribution in [1.82, 2.24) is 0 Å². The predicted octanol–water partition coefficient (Wildman–Crippen LogP) is 8.54. The van der Waals surface area contributed by atoms with Gasteiger partial charge >= 0.3 is 6.18 Å². The Labute approximate surface area is 262 Å². The summed E-state index contributed by atoms with van der Waals surface area (Å²) in [5.74, 6) is -8.67. The van der Waals surface area contributed by atoms with Crippen LogP contribution in [0.25, 0.3) is 0 Å². The molecule has 0 radical (unpaired) electrons. The molecule has 0 aromatic heterocycles. The minimum atomic E-state index is -4.99. The second-order valence-electron chi connectivity index (χ2n) is 10.4. The predicted molar refractivity (Wildman–Crippen MR) is 155 cm³/mol. The van der Waals surface area contributed by atoms with Crippen LogP contribution >= 0.6 is 34.8 Å². The fourth-order valence-corrected chi connectivity index (χ4v) is 5.56. The number of nitrogens with one attached hydrogen (secondary N) is 3. The smallest absolute Gasteiger partial charge is 0.326 e. The van der Waals surface area contributed by atoms with Gasteiger partial charge in [0.2, 0.25) is 11.8 Å². The number of hydrogen-bond donors (Lipinski definition) is 3. The molecule has 2 atom stereocenters. The molecule has 0 heterocycles. The van der Waals surface area contributed by atoms with E-state index in [1.54, 1.807) is 13.8 Å². The van der Waals surface area contributed by atoms with Crippen molar-refractivity contribution in [3.63, 3.8) is 0 Å². The van der Waals surface area contributed by atoms with E-state index < -0.39 is 74.5 Å². The highest BCUT2D eigenvalue weighted by Crippen LogP contribution is 2.65. The van der Waals surface area contributed by atoms with Crippen molar-refractivity contribution in [3.05, 3.63) is 87.7 Å². The number of carbonyl (C=O) groups is 3. The maximum absolute atomic E-state index is 15.0. The molecule has 15 heteroatoms. The molecule has 3 N–H and O–H groups in total. The molecule has 6 nitrogen and oxygen atoms in total. The van der Waals surface area contributed by atoms with Gasteiger partial charge in [0.15, 0.2) is 5.82 Å². The molecule has 3 aromatic rings. The monoisotopic (exact) mass is 679 g/mol. The van der Waals surface area contributed by atoms with E-state index in [4.69, 9.17) is 34.8 Å². The molecule has 0 saturated heterocycles. The van der Waals surface area contributed by atoms with Crippen molar-refractivity contribution in [2.24, 2.45) is 11.8 Å². The first-order valence-electron chi connectivity index (χ1n) is 12.9. The average molecular weight is 681 g/mol. The fraction of sp³-hybridized carbons (Fsp3) is 0.276. The largest absolute Gasteiger partial charge is 0.419 e. The van der Waals surface area contributed by atoms with Gasteiger partial charge in [-0.05, 0) is 53.9 Å².